The third kappa shape index (κ3) is 3.17. The predicted octanol–water partition coefficient (Wildman–Crippen LogP) is 1.75. The van der Waals surface area contributed by atoms with Crippen LogP contribution < -0.4 is 5.32 Å². The molecule has 92 valence electrons. The van der Waals surface area contributed by atoms with E-state index in [9.17, 15) is 4.79 Å². The van der Waals surface area contributed by atoms with Gasteiger partial charge in [-0.1, -0.05) is 5.57 Å². The molecule has 1 aromatic rings. The Labute approximate surface area is 100 Å². The van der Waals surface area contributed by atoms with Crippen LogP contribution in [0.3, 0.4) is 0 Å². The topological polar surface area (TPSA) is 56.2 Å². The highest BCUT2D eigenvalue weighted by Gasteiger charge is 2.18. The normalized spacial score (nSPS) is 19.1. The molecule has 1 atom stereocenters. The van der Waals surface area contributed by atoms with Gasteiger partial charge in [-0.05, 0) is 20.3 Å². The van der Waals surface area contributed by atoms with E-state index in [4.69, 9.17) is 4.74 Å². The van der Waals surface area contributed by atoms with E-state index in [0.717, 1.165) is 24.3 Å². The van der Waals surface area contributed by atoms with Crippen molar-refractivity contribution in [3.8, 4) is 0 Å². The molecule has 2 rings (SSSR count). The second-order valence-corrected chi connectivity index (χ2v) is 4.44. The van der Waals surface area contributed by atoms with E-state index in [1.54, 1.807) is 12.3 Å². The Morgan fingerprint density at radius 1 is 1.65 bits per heavy atom. The lowest BCUT2D eigenvalue weighted by Gasteiger charge is -2.06. The number of aromatic nitrogens is 2. The van der Waals surface area contributed by atoms with Crippen LogP contribution in [0.5, 0.6) is 0 Å². The molecular formula is C12H17N3O2. The van der Waals surface area contributed by atoms with E-state index < -0.39 is 0 Å². The van der Waals surface area contributed by atoms with Crippen molar-refractivity contribution >= 4 is 11.6 Å². The summed E-state index contributed by atoms with van der Waals surface area (Å²) in [6.07, 6.45) is 6.05. The Kier molecular flexibility index (Phi) is 3.58. The van der Waals surface area contributed by atoms with Crippen LogP contribution in [-0.4, -0.2) is 28.9 Å². The monoisotopic (exact) mass is 235 g/mol. The van der Waals surface area contributed by atoms with Crippen molar-refractivity contribution in [1.29, 1.82) is 0 Å². The van der Waals surface area contributed by atoms with Gasteiger partial charge in [0, 0.05) is 18.9 Å². The SMILES string of the molecule is CC(C)=CC(=O)Nc1cnn([C@@H]2CCOC2)c1. The zero-order valence-electron chi connectivity index (χ0n) is 10.1. The molecule has 1 aliphatic heterocycles. The van der Waals surface area contributed by atoms with Crippen LogP contribution in [0, 0.1) is 0 Å². The van der Waals surface area contributed by atoms with Crippen molar-refractivity contribution < 1.29 is 9.53 Å². The number of nitrogens with zero attached hydrogens (tertiary/aromatic N) is 2. The minimum Gasteiger partial charge on any atom is -0.379 e. The highest BCUT2D eigenvalue weighted by Crippen LogP contribution is 2.19. The second-order valence-electron chi connectivity index (χ2n) is 4.44. The number of allylic oxidation sites excluding steroid dienone is 1. The van der Waals surface area contributed by atoms with Gasteiger partial charge in [-0.2, -0.15) is 5.10 Å². The average molecular weight is 235 g/mol. The first kappa shape index (κ1) is 11.9. The lowest BCUT2D eigenvalue weighted by atomic mass is 10.3. The van der Waals surface area contributed by atoms with Gasteiger partial charge in [0.1, 0.15) is 0 Å². The maximum Gasteiger partial charge on any atom is 0.248 e. The molecule has 1 N–H and O–H groups in total. The molecule has 0 saturated carbocycles. The quantitative estimate of drug-likeness (QED) is 0.812. The fourth-order valence-electron chi connectivity index (χ4n) is 1.77. The molecule has 0 radical (unpaired) electrons. The Balaban J connectivity index is 1.98. The molecule has 0 bridgehead atoms. The summed E-state index contributed by atoms with van der Waals surface area (Å²) in [7, 11) is 0. The van der Waals surface area contributed by atoms with Crippen LogP contribution in [0.1, 0.15) is 26.3 Å². The highest BCUT2D eigenvalue weighted by atomic mass is 16.5. The lowest BCUT2D eigenvalue weighted by Crippen LogP contribution is -2.10. The van der Waals surface area contributed by atoms with Gasteiger partial charge >= 0.3 is 0 Å². The first-order valence-corrected chi connectivity index (χ1v) is 5.73. The molecule has 1 aromatic heterocycles. The fraction of sp³-hybridized carbons (Fsp3) is 0.500. The summed E-state index contributed by atoms with van der Waals surface area (Å²) in [5.74, 6) is -0.118. The molecule has 1 fully saturated rings. The Morgan fingerprint density at radius 3 is 3.12 bits per heavy atom. The van der Waals surface area contributed by atoms with E-state index in [1.807, 2.05) is 24.7 Å². The van der Waals surface area contributed by atoms with Gasteiger partial charge in [0.15, 0.2) is 0 Å². The number of carbonyl (C=O) groups is 1. The average Bonchev–Trinajstić information content (AvgIpc) is 2.84. The Morgan fingerprint density at radius 2 is 2.47 bits per heavy atom. The fourth-order valence-corrected chi connectivity index (χ4v) is 1.77. The van der Waals surface area contributed by atoms with Gasteiger partial charge in [0.05, 0.1) is 24.5 Å². The highest BCUT2D eigenvalue weighted by molar-refractivity contribution is 5.99. The molecule has 5 heteroatoms. The summed E-state index contributed by atoms with van der Waals surface area (Å²) in [6, 6.07) is 0.295. The molecule has 0 unspecified atom stereocenters. The molecule has 1 aliphatic rings. The largest absolute Gasteiger partial charge is 0.379 e. The number of rotatable bonds is 3. The molecule has 2 heterocycles. The summed E-state index contributed by atoms with van der Waals surface area (Å²) < 4.78 is 7.15. The van der Waals surface area contributed by atoms with E-state index in [2.05, 4.69) is 10.4 Å². The minimum absolute atomic E-state index is 0.118. The molecule has 0 aromatic carbocycles. The number of hydrogen-bond acceptors (Lipinski definition) is 3. The number of nitrogens with one attached hydrogen (secondary N) is 1. The van der Waals surface area contributed by atoms with Crippen molar-refractivity contribution in [2.24, 2.45) is 0 Å². The van der Waals surface area contributed by atoms with Gasteiger partial charge in [-0.3, -0.25) is 9.48 Å². The number of carbonyl (C=O) groups excluding carboxylic acids is 1. The molecule has 5 nitrogen and oxygen atoms in total. The van der Waals surface area contributed by atoms with E-state index in [-0.39, 0.29) is 5.91 Å². The lowest BCUT2D eigenvalue weighted by molar-refractivity contribution is -0.111. The minimum atomic E-state index is -0.118. The van der Waals surface area contributed by atoms with E-state index in [1.165, 1.54) is 0 Å². The molecule has 0 spiro atoms. The van der Waals surface area contributed by atoms with Crippen LogP contribution in [0.15, 0.2) is 24.0 Å². The summed E-state index contributed by atoms with van der Waals surface area (Å²) in [5.41, 5.74) is 1.69. The van der Waals surface area contributed by atoms with E-state index >= 15 is 0 Å². The second kappa shape index (κ2) is 5.14. The first-order chi connectivity index (χ1) is 8.15. The van der Waals surface area contributed by atoms with Crippen molar-refractivity contribution in [2.75, 3.05) is 18.5 Å². The zero-order chi connectivity index (χ0) is 12.3. The number of anilines is 1. The third-order valence-electron chi connectivity index (χ3n) is 2.57. The number of amides is 1. The van der Waals surface area contributed by atoms with Crippen LogP contribution in [0.2, 0.25) is 0 Å². The van der Waals surface area contributed by atoms with Gasteiger partial charge in [-0.25, -0.2) is 0 Å². The van der Waals surface area contributed by atoms with Crippen LogP contribution in [0.4, 0.5) is 5.69 Å². The zero-order valence-corrected chi connectivity index (χ0v) is 10.1. The third-order valence-corrected chi connectivity index (χ3v) is 2.57. The summed E-state index contributed by atoms with van der Waals surface area (Å²) >= 11 is 0. The molecule has 1 amide bonds. The van der Waals surface area contributed by atoms with Crippen molar-refractivity contribution in [3.05, 3.63) is 24.0 Å². The molecule has 1 saturated heterocycles. The molecule has 17 heavy (non-hydrogen) atoms. The van der Waals surface area contributed by atoms with Gasteiger partial charge < -0.3 is 10.1 Å². The summed E-state index contributed by atoms with van der Waals surface area (Å²) in [5, 5.41) is 7.01. The van der Waals surface area contributed by atoms with Gasteiger partial charge in [0.2, 0.25) is 5.91 Å². The van der Waals surface area contributed by atoms with Crippen LogP contribution >= 0.6 is 0 Å². The smallest absolute Gasteiger partial charge is 0.248 e. The first-order valence-electron chi connectivity index (χ1n) is 5.73. The number of ether oxygens (including phenoxy) is 1. The van der Waals surface area contributed by atoms with Crippen LogP contribution in [-0.2, 0) is 9.53 Å². The van der Waals surface area contributed by atoms with E-state index in [0.29, 0.717) is 12.6 Å². The predicted molar refractivity (Wildman–Crippen MR) is 64.8 cm³/mol. The maximum absolute atomic E-state index is 11.5. The van der Waals surface area contributed by atoms with Crippen molar-refractivity contribution in [2.45, 2.75) is 26.3 Å². The molecular weight excluding hydrogens is 218 g/mol. The van der Waals surface area contributed by atoms with Gasteiger partial charge in [0.25, 0.3) is 0 Å². The maximum atomic E-state index is 11.5. The van der Waals surface area contributed by atoms with Gasteiger partial charge in [-0.15, -0.1) is 0 Å². The van der Waals surface area contributed by atoms with Crippen molar-refractivity contribution in [1.82, 2.24) is 9.78 Å². The summed E-state index contributed by atoms with van der Waals surface area (Å²) in [6.45, 7) is 5.25. The standard InChI is InChI=1S/C12H17N3O2/c1-9(2)5-12(16)14-10-6-13-15(7-10)11-3-4-17-8-11/h5-7,11H,3-4,8H2,1-2H3,(H,14,16)/t11-/m1/s1. The molecule has 0 aliphatic carbocycles. The van der Waals surface area contributed by atoms with Crippen molar-refractivity contribution in [3.63, 3.8) is 0 Å². The summed E-state index contributed by atoms with van der Waals surface area (Å²) in [4.78, 5) is 11.5. The van der Waals surface area contributed by atoms with Crippen LogP contribution in [0.25, 0.3) is 0 Å². The number of hydrogen-bond donors (Lipinski definition) is 1. The Bertz CT molecular complexity index is 427. The Hall–Kier alpha value is -1.62.